The predicted molar refractivity (Wildman–Crippen MR) is 39.3 cm³/mol. The third-order valence-corrected chi connectivity index (χ3v) is 1.29. The minimum absolute atomic E-state index is 0.751. The van der Waals surface area contributed by atoms with Crippen molar-refractivity contribution < 1.29 is 0 Å². The standard InChI is InChI=1S/C5H6BrN3/c1-7-5-3-8-4(6)2-9-5/h2-3H,1H3,(H,7,9). The molecule has 1 heterocycles. The zero-order valence-electron chi connectivity index (χ0n) is 4.93. The molecule has 1 N–H and O–H groups in total. The Kier molecular flexibility index (Phi) is 2.00. The van der Waals surface area contributed by atoms with Crippen LogP contribution in [-0.4, -0.2) is 17.0 Å². The van der Waals surface area contributed by atoms with E-state index in [1.54, 1.807) is 19.4 Å². The second kappa shape index (κ2) is 2.77. The Bertz CT molecular complexity index is 184. The lowest BCUT2D eigenvalue weighted by molar-refractivity contribution is 1.15. The Hall–Kier alpha value is -0.640. The molecule has 48 valence electrons. The molecular formula is C5H6BrN3. The van der Waals surface area contributed by atoms with Crippen LogP contribution in [0.25, 0.3) is 0 Å². The van der Waals surface area contributed by atoms with Gasteiger partial charge < -0.3 is 5.32 Å². The van der Waals surface area contributed by atoms with Crippen molar-refractivity contribution in [3.8, 4) is 0 Å². The number of nitrogens with zero attached hydrogens (tertiary/aromatic N) is 2. The normalized spacial score (nSPS) is 9.11. The first-order valence-corrected chi connectivity index (χ1v) is 3.27. The van der Waals surface area contributed by atoms with Crippen molar-refractivity contribution in [1.29, 1.82) is 0 Å². The molecule has 0 aliphatic heterocycles. The van der Waals surface area contributed by atoms with Crippen LogP contribution in [0.1, 0.15) is 0 Å². The SMILES string of the molecule is CNc1cnc(Br)cn1. The highest BCUT2D eigenvalue weighted by molar-refractivity contribution is 9.10. The second-order valence-electron chi connectivity index (χ2n) is 1.47. The minimum atomic E-state index is 0.751. The summed E-state index contributed by atoms with van der Waals surface area (Å²) >= 11 is 3.17. The predicted octanol–water partition coefficient (Wildman–Crippen LogP) is 1.28. The largest absolute Gasteiger partial charge is 0.372 e. The van der Waals surface area contributed by atoms with Crippen molar-refractivity contribution in [2.45, 2.75) is 0 Å². The van der Waals surface area contributed by atoms with E-state index in [4.69, 9.17) is 0 Å². The average molecular weight is 188 g/mol. The van der Waals surface area contributed by atoms with Gasteiger partial charge in [0.05, 0.1) is 12.4 Å². The first-order chi connectivity index (χ1) is 4.33. The van der Waals surface area contributed by atoms with Gasteiger partial charge in [-0.2, -0.15) is 0 Å². The molecule has 0 aliphatic rings. The molecule has 0 aromatic carbocycles. The Morgan fingerprint density at radius 3 is 2.67 bits per heavy atom. The third-order valence-electron chi connectivity index (χ3n) is 0.876. The number of hydrogen-bond acceptors (Lipinski definition) is 3. The number of anilines is 1. The van der Waals surface area contributed by atoms with Crippen molar-refractivity contribution >= 4 is 21.7 Å². The molecule has 0 unspecified atom stereocenters. The van der Waals surface area contributed by atoms with E-state index >= 15 is 0 Å². The summed E-state index contributed by atoms with van der Waals surface area (Å²) in [6, 6.07) is 0. The minimum Gasteiger partial charge on any atom is -0.372 e. The van der Waals surface area contributed by atoms with Gasteiger partial charge in [-0.25, -0.2) is 9.97 Å². The van der Waals surface area contributed by atoms with E-state index in [-0.39, 0.29) is 0 Å². The molecule has 1 aromatic heterocycles. The molecule has 0 atom stereocenters. The van der Waals surface area contributed by atoms with Gasteiger partial charge in [0.2, 0.25) is 0 Å². The van der Waals surface area contributed by atoms with Crippen LogP contribution in [0.5, 0.6) is 0 Å². The van der Waals surface area contributed by atoms with Gasteiger partial charge in [-0.3, -0.25) is 0 Å². The lowest BCUT2D eigenvalue weighted by Gasteiger charge is -1.94. The van der Waals surface area contributed by atoms with E-state index in [2.05, 4.69) is 31.2 Å². The van der Waals surface area contributed by atoms with Gasteiger partial charge in [-0.05, 0) is 15.9 Å². The Balaban J connectivity index is 2.88. The molecule has 0 amide bonds. The number of rotatable bonds is 1. The summed E-state index contributed by atoms with van der Waals surface area (Å²) in [6.07, 6.45) is 3.30. The van der Waals surface area contributed by atoms with Crippen LogP contribution in [0.2, 0.25) is 0 Å². The highest BCUT2D eigenvalue weighted by Gasteiger charge is 1.88. The lowest BCUT2D eigenvalue weighted by atomic mass is 10.7. The van der Waals surface area contributed by atoms with E-state index in [1.807, 2.05) is 0 Å². The van der Waals surface area contributed by atoms with Gasteiger partial charge in [0.15, 0.2) is 0 Å². The zero-order chi connectivity index (χ0) is 6.69. The van der Waals surface area contributed by atoms with Crippen LogP contribution in [0.15, 0.2) is 17.0 Å². The van der Waals surface area contributed by atoms with Crippen molar-refractivity contribution in [2.24, 2.45) is 0 Å². The fourth-order valence-corrected chi connectivity index (χ4v) is 0.646. The summed E-state index contributed by atoms with van der Waals surface area (Å²) in [7, 11) is 1.80. The van der Waals surface area contributed by atoms with E-state index in [1.165, 1.54) is 0 Å². The van der Waals surface area contributed by atoms with E-state index in [0.29, 0.717) is 0 Å². The molecule has 0 aliphatic carbocycles. The van der Waals surface area contributed by atoms with Gasteiger partial charge in [-0.1, -0.05) is 0 Å². The maximum atomic E-state index is 3.98. The van der Waals surface area contributed by atoms with Crippen LogP contribution >= 0.6 is 15.9 Å². The molecule has 1 aromatic rings. The highest BCUT2D eigenvalue weighted by atomic mass is 79.9. The summed E-state index contributed by atoms with van der Waals surface area (Å²) in [4.78, 5) is 7.92. The molecule has 1 rings (SSSR count). The molecule has 0 saturated carbocycles. The zero-order valence-corrected chi connectivity index (χ0v) is 6.51. The Morgan fingerprint density at radius 2 is 2.22 bits per heavy atom. The van der Waals surface area contributed by atoms with Crippen LogP contribution in [0.3, 0.4) is 0 Å². The number of hydrogen-bond donors (Lipinski definition) is 1. The van der Waals surface area contributed by atoms with Crippen molar-refractivity contribution in [2.75, 3.05) is 12.4 Å². The monoisotopic (exact) mass is 187 g/mol. The van der Waals surface area contributed by atoms with Crippen LogP contribution < -0.4 is 5.32 Å². The van der Waals surface area contributed by atoms with Gasteiger partial charge >= 0.3 is 0 Å². The topological polar surface area (TPSA) is 37.8 Å². The molecule has 4 heteroatoms. The van der Waals surface area contributed by atoms with Crippen molar-refractivity contribution in [3.05, 3.63) is 17.0 Å². The maximum absolute atomic E-state index is 3.98. The molecule has 0 saturated heterocycles. The average Bonchev–Trinajstić information content (AvgIpc) is 1.90. The van der Waals surface area contributed by atoms with Crippen LogP contribution in [-0.2, 0) is 0 Å². The first-order valence-electron chi connectivity index (χ1n) is 2.48. The molecule has 0 fully saturated rings. The van der Waals surface area contributed by atoms with Gasteiger partial charge in [0.1, 0.15) is 10.4 Å². The number of nitrogens with one attached hydrogen (secondary N) is 1. The fraction of sp³-hybridized carbons (Fsp3) is 0.200. The van der Waals surface area contributed by atoms with E-state index < -0.39 is 0 Å². The number of aromatic nitrogens is 2. The van der Waals surface area contributed by atoms with Gasteiger partial charge in [0, 0.05) is 7.05 Å². The van der Waals surface area contributed by atoms with Crippen molar-refractivity contribution in [1.82, 2.24) is 9.97 Å². The molecule has 0 bridgehead atoms. The smallest absolute Gasteiger partial charge is 0.144 e. The molecule has 9 heavy (non-hydrogen) atoms. The van der Waals surface area contributed by atoms with E-state index in [0.717, 1.165) is 10.4 Å². The Morgan fingerprint density at radius 1 is 1.44 bits per heavy atom. The lowest BCUT2D eigenvalue weighted by Crippen LogP contribution is -1.91. The fourth-order valence-electron chi connectivity index (χ4n) is 0.441. The van der Waals surface area contributed by atoms with Crippen molar-refractivity contribution in [3.63, 3.8) is 0 Å². The van der Waals surface area contributed by atoms with Gasteiger partial charge in [0.25, 0.3) is 0 Å². The van der Waals surface area contributed by atoms with Crippen LogP contribution in [0.4, 0.5) is 5.82 Å². The highest BCUT2D eigenvalue weighted by Crippen LogP contribution is 2.04. The van der Waals surface area contributed by atoms with Crippen LogP contribution in [0, 0.1) is 0 Å². The molecular weight excluding hydrogens is 182 g/mol. The second-order valence-corrected chi connectivity index (χ2v) is 2.29. The molecule has 3 nitrogen and oxygen atoms in total. The Labute approximate surface area is 61.7 Å². The van der Waals surface area contributed by atoms with E-state index in [9.17, 15) is 0 Å². The third kappa shape index (κ3) is 1.64. The van der Waals surface area contributed by atoms with Gasteiger partial charge in [-0.15, -0.1) is 0 Å². The summed E-state index contributed by atoms with van der Waals surface area (Å²) in [5.41, 5.74) is 0. The maximum Gasteiger partial charge on any atom is 0.144 e. The summed E-state index contributed by atoms with van der Waals surface area (Å²) in [5.74, 6) is 0.776. The first kappa shape index (κ1) is 6.48. The summed E-state index contributed by atoms with van der Waals surface area (Å²) in [5, 5.41) is 2.86. The summed E-state index contributed by atoms with van der Waals surface area (Å²) < 4.78 is 0.751. The quantitative estimate of drug-likeness (QED) is 0.721. The number of halogens is 1. The molecule has 0 spiro atoms. The summed E-state index contributed by atoms with van der Waals surface area (Å²) in [6.45, 7) is 0. The molecule has 0 radical (unpaired) electrons.